The molecule has 0 aromatic heterocycles. The molecule has 0 radical (unpaired) electrons. The first kappa shape index (κ1) is 14.9. The molecule has 4 aliphatic rings. The molecular weight excluding hydrogens is 276 g/mol. The summed E-state index contributed by atoms with van der Waals surface area (Å²) in [7, 11) is 0. The average Bonchev–Trinajstić information content (AvgIpc) is 2.83. The Morgan fingerprint density at radius 2 is 1.86 bits per heavy atom. The van der Waals surface area contributed by atoms with Gasteiger partial charge in [-0.25, -0.2) is 0 Å². The normalized spacial score (nSPS) is 51.2. The van der Waals surface area contributed by atoms with Gasteiger partial charge in [-0.05, 0) is 62.7 Å². The molecule has 0 saturated heterocycles. The number of aliphatic hydroxyl groups is 1. The Hall–Kier alpha value is -0.700. The fraction of sp³-hybridized carbons (Fsp3) is 0.895. The summed E-state index contributed by atoms with van der Waals surface area (Å²) in [5, 5.41) is 10.3. The van der Waals surface area contributed by atoms with Crippen molar-refractivity contribution < 1.29 is 14.7 Å². The molecule has 122 valence electrons. The van der Waals surface area contributed by atoms with Gasteiger partial charge in [-0.1, -0.05) is 6.92 Å². The molecule has 4 fully saturated rings. The van der Waals surface area contributed by atoms with Crippen LogP contribution in [-0.2, 0) is 9.59 Å². The van der Waals surface area contributed by atoms with Gasteiger partial charge in [0.2, 0.25) is 0 Å². The minimum absolute atomic E-state index is 0.0916. The number of fused-ring (bicyclic) bond motifs is 5. The maximum Gasteiger partial charge on any atom is 0.139 e. The lowest BCUT2D eigenvalue weighted by molar-refractivity contribution is -0.161. The number of hydrogen-bond acceptors (Lipinski definition) is 3. The van der Waals surface area contributed by atoms with Crippen molar-refractivity contribution in [1.29, 1.82) is 0 Å². The Labute approximate surface area is 132 Å². The van der Waals surface area contributed by atoms with Gasteiger partial charge in [-0.15, -0.1) is 0 Å². The van der Waals surface area contributed by atoms with Crippen LogP contribution in [0.3, 0.4) is 0 Å². The van der Waals surface area contributed by atoms with Crippen LogP contribution in [0.5, 0.6) is 0 Å². The molecule has 4 rings (SSSR count). The van der Waals surface area contributed by atoms with Crippen molar-refractivity contribution in [2.45, 2.75) is 64.7 Å². The van der Waals surface area contributed by atoms with Crippen molar-refractivity contribution in [3.05, 3.63) is 0 Å². The molecule has 0 spiro atoms. The van der Waals surface area contributed by atoms with Crippen molar-refractivity contribution >= 4 is 11.6 Å². The number of hydrogen-bond donors (Lipinski definition) is 1. The monoisotopic (exact) mass is 304 g/mol. The highest BCUT2D eigenvalue weighted by Gasteiger charge is 2.62. The van der Waals surface area contributed by atoms with E-state index in [1.165, 1.54) is 0 Å². The summed E-state index contributed by atoms with van der Waals surface area (Å²) in [5.41, 5.74) is -0.269. The highest BCUT2D eigenvalue weighted by atomic mass is 16.3. The van der Waals surface area contributed by atoms with E-state index >= 15 is 0 Å². The lowest BCUT2D eigenvalue weighted by Gasteiger charge is -2.59. The summed E-state index contributed by atoms with van der Waals surface area (Å²) in [6, 6.07) is 0. The van der Waals surface area contributed by atoms with Gasteiger partial charge >= 0.3 is 0 Å². The summed E-state index contributed by atoms with van der Waals surface area (Å²) >= 11 is 0. The van der Waals surface area contributed by atoms with Crippen LogP contribution in [0.25, 0.3) is 0 Å². The first-order chi connectivity index (χ1) is 10.5. The summed E-state index contributed by atoms with van der Waals surface area (Å²) in [5.74, 6) is 2.48. The van der Waals surface area contributed by atoms with Crippen LogP contribution in [0.1, 0.15) is 64.7 Å². The fourth-order valence-corrected chi connectivity index (χ4v) is 6.99. The van der Waals surface area contributed by atoms with Gasteiger partial charge in [0.1, 0.15) is 11.6 Å². The molecular formula is C19H28O3. The van der Waals surface area contributed by atoms with Crippen LogP contribution in [-0.4, -0.2) is 23.3 Å². The van der Waals surface area contributed by atoms with Crippen LogP contribution in [0.2, 0.25) is 0 Å². The van der Waals surface area contributed by atoms with Crippen molar-refractivity contribution in [3.8, 4) is 0 Å². The molecule has 1 N–H and O–H groups in total. The molecule has 0 unspecified atom stereocenters. The van der Waals surface area contributed by atoms with E-state index < -0.39 is 0 Å². The zero-order chi connectivity index (χ0) is 15.5. The van der Waals surface area contributed by atoms with Crippen molar-refractivity contribution in [1.82, 2.24) is 0 Å². The van der Waals surface area contributed by atoms with Gasteiger partial charge in [0.15, 0.2) is 0 Å². The van der Waals surface area contributed by atoms with Gasteiger partial charge in [0, 0.05) is 36.2 Å². The number of rotatable bonds is 1. The third-order valence-corrected chi connectivity index (χ3v) is 8.12. The summed E-state index contributed by atoms with van der Waals surface area (Å²) in [4.78, 5) is 24.8. The number of aliphatic hydroxyl groups excluding tert-OH is 1. The Kier molecular flexibility index (Phi) is 3.31. The predicted octanol–water partition coefficient (Wildman–Crippen LogP) is 3.14. The highest BCUT2D eigenvalue weighted by Crippen LogP contribution is 2.64. The highest BCUT2D eigenvalue weighted by molar-refractivity contribution is 5.87. The van der Waals surface area contributed by atoms with Gasteiger partial charge < -0.3 is 5.11 Å². The first-order valence-corrected chi connectivity index (χ1v) is 9.20. The maximum absolute atomic E-state index is 12.4. The van der Waals surface area contributed by atoms with Gasteiger partial charge in [-0.2, -0.15) is 0 Å². The lowest BCUT2D eigenvalue weighted by atomic mass is 9.45. The molecule has 0 aromatic rings. The van der Waals surface area contributed by atoms with Crippen LogP contribution in [0.15, 0.2) is 0 Å². The fourth-order valence-electron chi connectivity index (χ4n) is 6.99. The minimum Gasteiger partial charge on any atom is -0.396 e. The van der Waals surface area contributed by atoms with E-state index in [0.29, 0.717) is 35.7 Å². The van der Waals surface area contributed by atoms with Gasteiger partial charge in [-0.3, -0.25) is 9.59 Å². The number of Topliss-reactive ketones (excluding diaryl/α,β-unsaturated/α-hetero) is 2. The Morgan fingerprint density at radius 1 is 1.05 bits per heavy atom. The Bertz CT molecular complexity index is 513. The number of ketones is 2. The molecule has 4 aliphatic carbocycles. The van der Waals surface area contributed by atoms with E-state index in [4.69, 9.17) is 0 Å². The van der Waals surface area contributed by atoms with Crippen LogP contribution >= 0.6 is 0 Å². The molecule has 3 nitrogen and oxygen atoms in total. The van der Waals surface area contributed by atoms with Gasteiger partial charge in [0.25, 0.3) is 0 Å². The molecule has 3 heteroatoms. The summed E-state index contributed by atoms with van der Waals surface area (Å²) < 4.78 is 0. The molecule has 22 heavy (non-hydrogen) atoms. The van der Waals surface area contributed by atoms with Crippen LogP contribution in [0, 0.1) is 34.5 Å². The zero-order valence-electron chi connectivity index (χ0n) is 13.6. The number of carbonyl (C=O) groups excluding carboxylic acids is 2. The third kappa shape index (κ3) is 1.72. The smallest absolute Gasteiger partial charge is 0.139 e. The van der Waals surface area contributed by atoms with E-state index in [0.717, 1.165) is 51.4 Å². The Balaban J connectivity index is 1.70. The molecule has 0 heterocycles. The maximum atomic E-state index is 12.4. The van der Waals surface area contributed by atoms with E-state index in [1.807, 2.05) is 0 Å². The van der Waals surface area contributed by atoms with E-state index in [-0.39, 0.29) is 23.4 Å². The predicted molar refractivity (Wildman–Crippen MR) is 83.2 cm³/mol. The van der Waals surface area contributed by atoms with Gasteiger partial charge in [0.05, 0.1) is 0 Å². The third-order valence-electron chi connectivity index (χ3n) is 8.12. The van der Waals surface area contributed by atoms with E-state index in [9.17, 15) is 14.7 Å². The lowest BCUT2D eigenvalue weighted by Crippen LogP contribution is -2.57. The standard InChI is InChI=1S/C19H28O3/c1-18-10-8-14-12(13(18)6-7-17(18)22)4-5-15-16(21)3-2-9-19(14,15)11-20/h12-15,20H,2-11H2,1H3/t12-,13-,14-,15-,18-,19-/m0/s1. The van der Waals surface area contributed by atoms with Crippen LogP contribution in [0.4, 0.5) is 0 Å². The molecule has 0 amide bonds. The van der Waals surface area contributed by atoms with Crippen molar-refractivity contribution in [2.75, 3.05) is 6.61 Å². The quantitative estimate of drug-likeness (QED) is 0.809. The van der Waals surface area contributed by atoms with Crippen molar-refractivity contribution in [2.24, 2.45) is 34.5 Å². The topological polar surface area (TPSA) is 54.4 Å². The molecule has 4 saturated carbocycles. The minimum atomic E-state index is -0.161. The summed E-state index contributed by atoms with van der Waals surface area (Å²) in [6.45, 7) is 2.36. The SMILES string of the molecule is C[C@]12CC[C@H]3[C@@H](CC[C@H]4C(=O)CCC[C@@]43CO)[C@@H]1CCC2=O. The second kappa shape index (κ2) is 4.90. The Morgan fingerprint density at radius 3 is 2.64 bits per heavy atom. The van der Waals surface area contributed by atoms with E-state index in [1.54, 1.807) is 0 Å². The first-order valence-electron chi connectivity index (χ1n) is 9.20. The molecule has 0 bridgehead atoms. The average molecular weight is 304 g/mol. The number of carbonyl (C=O) groups is 2. The van der Waals surface area contributed by atoms with E-state index in [2.05, 4.69) is 6.92 Å². The summed E-state index contributed by atoms with van der Waals surface area (Å²) in [6.07, 6.45) is 8.50. The largest absolute Gasteiger partial charge is 0.396 e. The van der Waals surface area contributed by atoms with Crippen LogP contribution < -0.4 is 0 Å². The zero-order valence-corrected chi connectivity index (χ0v) is 13.6. The molecule has 0 aliphatic heterocycles. The molecule has 6 atom stereocenters. The molecule has 0 aromatic carbocycles. The second-order valence-corrected chi connectivity index (χ2v) is 8.64. The second-order valence-electron chi connectivity index (χ2n) is 8.64. The van der Waals surface area contributed by atoms with Crippen molar-refractivity contribution in [3.63, 3.8) is 0 Å².